The van der Waals surface area contributed by atoms with E-state index in [0.29, 0.717) is 5.57 Å². The lowest BCUT2D eigenvalue weighted by Gasteiger charge is -2.28. The molecule has 110 heavy (non-hydrogen) atoms. The molecule has 15 heterocycles. The highest BCUT2D eigenvalue weighted by Crippen LogP contribution is 2.37. The number of piperidine rings is 3. The molecule has 3 fully saturated rings. The van der Waals surface area contributed by atoms with E-state index in [1.165, 1.54) is 49.3 Å². The number of hydrogen-bond donors (Lipinski definition) is 3. The molecule has 15 rings (SSSR count). The molecule has 3 aliphatic heterocycles. The standard InChI is InChI=1S/2C26H24N8O3.C25H22N8O3/c2*1-15-5-6-19(28-11-15)22(27-3)17-7-9-33(10-8-17)26(36)24(35)18-12-29-23-21(18)20(37-4)13-30-25(23)34-14-31-16(2)32-34;1-15-30-14-33(31-15)24-22-20(19(36-3)13-29-24)17(12-28-22)23(34)25(35)32-10-7-16(8-11-32)21(26-2)18-6-4-5-9-27-18/h2*5-6,11-14,29H,7-10H2,1-2,4H3;4-6,9,12-14,28H,7-8,10-11H2,1,3H3/i2D3,4D3,5D,6D,7D2,8D2,9D2,10D2,11D;2D3,4D3,5D,6D,11D;1D3,3D3,7D2,8D2,10D2,11D2. The number of nitrogens with zero attached hydrogens (tertiary/aromatic N) is 21. The molecule has 3 saturated heterocycles. The van der Waals surface area contributed by atoms with Gasteiger partial charge < -0.3 is 43.9 Å². The molecule has 0 spiro atoms. The van der Waals surface area contributed by atoms with Gasteiger partial charge in [0.1, 0.15) is 53.7 Å². The van der Waals surface area contributed by atoms with Gasteiger partial charge in [-0.25, -0.2) is 58.5 Å². The number of carbonyl (C=O) groups is 6. The predicted molar refractivity (Wildman–Crippen MR) is 400 cm³/mol. The predicted octanol–water partition coefficient (Wildman–Crippen LogP) is 9.59. The number of carbonyl (C=O) groups excluding carboxylic acids is 6. The molecule has 0 unspecified atom stereocenters. The number of ether oxygens (including phenoxy) is 3. The summed E-state index contributed by atoms with van der Waals surface area (Å²) in [5.74, 6) is -13.8. The van der Waals surface area contributed by atoms with Crippen LogP contribution in [-0.2, 0) is 14.4 Å². The summed E-state index contributed by atoms with van der Waals surface area (Å²) in [6.45, 7) is 1.94. The molecule has 0 aromatic carbocycles. The molecule has 0 saturated carbocycles. The summed E-state index contributed by atoms with van der Waals surface area (Å²) in [6.07, 6.45) is -6.14. The van der Waals surface area contributed by atoms with Gasteiger partial charge in [0, 0.05) is 110 Å². The lowest BCUT2D eigenvalue weighted by Crippen LogP contribution is -2.40. The highest BCUT2D eigenvalue weighted by Gasteiger charge is 2.35. The maximum atomic E-state index is 14.0. The van der Waals surface area contributed by atoms with E-state index >= 15 is 0 Å². The Hall–Kier alpha value is -14.6. The van der Waals surface area contributed by atoms with Crippen LogP contribution in [0, 0.1) is 54.1 Å². The van der Waals surface area contributed by atoms with Crippen LogP contribution in [0.3, 0.4) is 0 Å². The van der Waals surface area contributed by atoms with E-state index < -0.39 is 235 Å². The number of aromatic amines is 3. The van der Waals surface area contributed by atoms with Gasteiger partial charge in [0.2, 0.25) is 17.1 Å². The van der Waals surface area contributed by atoms with E-state index in [-0.39, 0.29) is 123 Å². The number of ketones is 3. The number of nitrogens with one attached hydrogen (secondary N) is 3. The van der Waals surface area contributed by atoms with Crippen molar-refractivity contribution in [1.82, 2.24) is 104 Å². The molecule has 0 radical (unpaired) electrons. The maximum absolute atomic E-state index is 14.0. The number of rotatable bonds is 15. The Labute approximate surface area is 684 Å². The van der Waals surface area contributed by atoms with E-state index in [2.05, 4.69) is 89.6 Å². The highest BCUT2D eigenvalue weighted by molar-refractivity contribution is 6.46. The fourth-order valence-corrected chi connectivity index (χ4v) is 10.8. The number of H-pyrrole nitrogens is 3. The maximum Gasteiger partial charge on any atom is 0.295 e. The van der Waals surface area contributed by atoms with Crippen molar-refractivity contribution in [3.8, 4) is 34.7 Å². The minimum atomic E-state index is -4.02. The number of hydrogen-bond acceptors (Lipinski definition) is 21. The van der Waals surface area contributed by atoms with E-state index in [0.717, 1.165) is 64.0 Å². The summed E-state index contributed by atoms with van der Waals surface area (Å²) in [7, 11) is -9.31. The highest BCUT2D eigenvalue weighted by atomic mass is 16.5. The first-order chi connectivity index (χ1) is 68.9. The fraction of sp³-hybridized carbons (Fsp3) is 0.260. The third-order valence-corrected chi connectivity index (χ3v) is 15.9. The number of amides is 3. The van der Waals surface area contributed by atoms with Crippen LogP contribution >= 0.6 is 0 Å². The van der Waals surface area contributed by atoms with Gasteiger partial charge in [-0.2, -0.15) is 15.3 Å². The fourth-order valence-electron chi connectivity index (χ4n) is 10.8. The molecule has 0 atom stereocenters. The summed E-state index contributed by atoms with van der Waals surface area (Å²) in [4.78, 5) is 136. The Balaban J connectivity index is 0.000000188. The van der Waals surface area contributed by atoms with Gasteiger partial charge in [0.25, 0.3) is 35.1 Å². The van der Waals surface area contributed by atoms with Gasteiger partial charge in [-0.15, -0.1) is 0 Å². The Kier molecular flexibility index (Phi) is 11.4. The average molecular weight is 1520 g/mol. The van der Waals surface area contributed by atoms with E-state index in [4.69, 9.17) is 88.8 Å². The first-order valence-electron chi connectivity index (χ1n) is 51.1. The molecule has 0 aliphatic carbocycles. The van der Waals surface area contributed by atoms with Crippen LogP contribution in [0.5, 0.6) is 17.2 Å². The van der Waals surface area contributed by atoms with Gasteiger partial charge in [0.15, 0.2) is 17.5 Å². The molecule has 33 heteroatoms. The molecule has 0 bridgehead atoms. The lowest BCUT2D eigenvalue weighted by atomic mass is 9.99. The second-order valence-corrected chi connectivity index (χ2v) is 22.4. The van der Waals surface area contributed by atoms with Crippen LogP contribution in [0.15, 0.2) is 134 Å². The summed E-state index contributed by atoms with van der Waals surface area (Å²) in [5, 5.41) is 10.4. The second kappa shape index (κ2) is 32.0. The van der Waals surface area contributed by atoms with Crippen LogP contribution in [0.25, 0.3) is 81.8 Å². The van der Waals surface area contributed by atoms with E-state index in [1.54, 1.807) is 0 Å². The summed E-state index contributed by atoms with van der Waals surface area (Å²) < 4.78 is 341. The molecular weight excluding hydrogens is 1410 g/mol. The minimum absolute atomic E-state index is 0.0308. The van der Waals surface area contributed by atoms with Gasteiger partial charge in [-0.1, -0.05) is 34.9 Å². The molecule has 3 amide bonds. The number of fused-ring (bicyclic) bond motifs is 3. The summed E-state index contributed by atoms with van der Waals surface area (Å²) in [6, 6.07) is 2.00. The molecule has 552 valence electrons. The first kappa shape index (κ1) is 39.2. The second-order valence-electron chi connectivity index (χ2n) is 22.4. The topological polar surface area (TPSA) is 370 Å². The number of methoxy groups -OCH3 is 3. The van der Waals surface area contributed by atoms with Crippen molar-refractivity contribution in [2.45, 2.75) is 72.7 Å². The Morgan fingerprint density at radius 3 is 1.19 bits per heavy atom. The van der Waals surface area contributed by atoms with Gasteiger partial charge >= 0.3 is 0 Å². The zero-order valence-corrected chi connectivity index (χ0v) is 55.9. The average Bonchev–Trinajstić information content (AvgIpc) is 1.03. The zero-order valence-electron chi connectivity index (χ0n) is 95.9. The molecular formula is C77H70N24O9. The van der Waals surface area contributed by atoms with Crippen molar-refractivity contribution in [2.75, 3.05) is 60.2 Å². The van der Waals surface area contributed by atoms with Crippen molar-refractivity contribution in [1.29, 1.82) is 0 Å². The molecule has 12 aromatic heterocycles. The normalized spacial score (nSPS) is 23.2. The van der Waals surface area contributed by atoms with Crippen molar-refractivity contribution < 1.29 is 97.8 Å². The number of Topliss-reactive ketones (excluding diaryl/α,β-unsaturated/α-hetero) is 3. The van der Waals surface area contributed by atoms with Crippen molar-refractivity contribution in [2.24, 2.45) is 0 Å². The first-order valence-corrected chi connectivity index (χ1v) is 31.1. The van der Waals surface area contributed by atoms with Crippen LogP contribution in [-0.4, -0.2) is 199 Å². The van der Waals surface area contributed by atoms with Crippen LogP contribution in [0.1, 0.15) is 170 Å². The Morgan fingerprint density at radius 2 is 0.845 bits per heavy atom. The van der Waals surface area contributed by atoms with E-state index in [1.807, 2.05) is 0 Å². The molecule has 33 nitrogen and oxygen atoms in total. The number of aromatic nitrogens is 18. The smallest absolute Gasteiger partial charge is 0.295 e. The Morgan fingerprint density at radius 1 is 0.473 bits per heavy atom. The van der Waals surface area contributed by atoms with Gasteiger partial charge in [0.05, 0.1) is 146 Å². The minimum Gasteiger partial charge on any atom is -0.494 e. The van der Waals surface area contributed by atoms with Gasteiger partial charge in [-0.05, 0) is 108 Å². The van der Waals surface area contributed by atoms with Crippen LogP contribution in [0.4, 0.5) is 0 Å². The molecule has 12 aromatic rings. The third-order valence-electron chi connectivity index (χ3n) is 15.9. The quantitative estimate of drug-likeness (QED) is 0.0488. The van der Waals surface area contributed by atoms with Crippen molar-refractivity contribution in [3.63, 3.8) is 0 Å². The lowest BCUT2D eigenvalue weighted by molar-refractivity contribution is -0.127. The largest absolute Gasteiger partial charge is 0.494 e. The SMILES string of the molecule is [2H]C([2H])([2H])Oc1cnc(-n2cnc(C([2H])([2H])[2H])n2)c2[nH]cc(C(=O)C(=O)N3C([2H])([2H])C([2H])([2H])C(=C([N+]#[C-])c4ccccn4)C([2H])([2H])C3([2H])[2H])c12.[2H]c1nc(C([N+]#[C-])=C2C([2H])([2H])C([2H])([2H])N(C(=O)C(=O)c3c[nH]c4c(-n5cnc(C([2H])([2H])[2H])n5)ncc(OC([2H])([2H])[2H])c34)C([2H])([2H])C2([2H])[2H])c([2H])c([2H])c1C.[2H]c1nc(C([N+]#[C-])=C2CCN(C(=O)C(=O)c3c[nH]c4c(-n5cnc(C([2H])([2H])[2H])n5)ncc(OC([2H])([2H])[2H])c34)CC2)c([2H])c([2H])c1C. The van der Waals surface area contributed by atoms with Crippen LogP contribution < -0.4 is 14.2 Å². The summed E-state index contributed by atoms with van der Waals surface area (Å²) in [5.41, 5.74) is -8.01. The number of aryl methyl sites for hydroxylation is 3. The summed E-state index contributed by atoms with van der Waals surface area (Å²) >= 11 is 0. The Bertz CT molecular complexity index is 7740. The zero-order chi connectivity index (χ0) is 112. The number of pyridine rings is 6. The van der Waals surface area contributed by atoms with Gasteiger partial charge in [-0.3, -0.25) is 43.7 Å². The third kappa shape index (κ3) is 14.8. The van der Waals surface area contributed by atoms with Crippen molar-refractivity contribution >= 4 is 84.9 Å². The number of likely N-dealkylation sites (tertiary alicyclic amines) is 3. The molecule has 3 aliphatic rings. The van der Waals surface area contributed by atoms with E-state index in [9.17, 15) is 28.8 Å². The monoisotopic (exact) mass is 1510 g/mol. The van der Waals surface area contributed by atoms with Crippen LogP contribution in [0.2, 0.25) is 0 Å². The van der Waals surface area contributed by atoms with Crippen molar-refractivity contribution in [3.05, 3.63) is 230 Å². The molecule has 3 N–H and O–H groups in total.